The fourth-order valence-corrected chi connectivity index (χ4v) is 3.54. The van der Waals surface area contributed by atoms with Crippen molar-refractivity contribution in [3.05, 3.63) is 15.9 Å². The van der Waals surface area contributed by atoms with E-state index in [9.17, 15) is 0 Å². The molecule has 1 N–H and O–H groups in total. The molecule has 2 rings (SSSR count). The minimum absolute atomic E-state index is 0.315. The predicted octanol–water partition coefficient (Wildman–Crippen LogP) is 2.43. The van der Waals surface area contributed by atoms with Crippen molar-refractivity contribution < 1.29 is 5.11 Å². The van der Waals surface area contributed by atoms with Crippen LogP contribution >= 0.6 is 15.9 Å². The number of aliphatic hydroxyl groups is 1. The predicted molar refractivity (Wildman–Crippen MR) is 80.1 cm³/mol. The van der Waals surface area contributed by atoms with Crippen molar-refractivity contribution in [2.24, 2.45) is 5.92 Å². The molecule has 2 heterocycles. The van der Waals surface area contributed by atoms with Crippen LogP contribution in [0, 0.1) is 5.92 Å². The molecule has 1 aliphatic heterocycles. The van der Waals surface area contributed by atoms with E-state index in [-0.39, 0.29) is 0 Å². The summed E-state index contributed by atoms with van der Waals surface area (Å²) in [5.41, 5.74) is 2.45. The molecule has 1 fully saturated rings. The molecule has 1 aliphatic rings. The molecule has 1 atom stereocenters. The van der Waals surface area contributed by atoms with Crippen LogP contribution in [0.4, 0.5) is 0 Å². The van der Waals surface area contributed by atoms with Crippen LogP contribution in [0.5, 0.6) is 0 Å². The summed E-state index contributed by atoms with van der Waals surface area (Å²) in [4.78, 5) is 2.48. The summed E-state index contributed by atoms with van der Waals surface area (Å²) in [7, 11) is 0. The molecule has 0 amide bonds. The van der Waals surface area contributed by atoms with Crippen molar-refractivity contribution in [2.45, 2.75) is 46.2 Å². The van der Waals surface area contributed by atoms with Crippen molar-refractivity contribution in [3.8, 4) is 0 Å². The van der Waals surface area contributed by atoms with Gasteiger partial charge in [-0.15, -0.1) is 0 Å². The van der Waals surface area contributed by atoms with Gasteiger partial charge in [0.25, 0.3) is 0 Å². The standard InChI is InChI=1S/C14H24BrN3O/c1-3-12-14(15)13(18(4-2)16-12)10-17-7-5-11(9-17)6-8-19/h11,19H,3-10H2,1-2H3. The van der Waals surface area contributed by atoms with Crippen molar-refractivity contribution >= 4 is 15.9 Å². The summed E-state index contributed by atoms with van der Waals surface area (Å²) < 4.78 is 3.30. The molecule has 1 aromatic rings. The van der Waals surface area contributed by atoms with Crippen molar-refractivity contribution in [2.75, 3.05) is 19.7 Å². The highest BCUT2D eigenvalue weighted by molar-refractivity contribution is 9.10. The van der Waals surface area contributed by atoms with Crippen LogP contribution in [-0.2, 0) is 19.5 Å². The molecule has 1 saturated heterocycles. The van der Waals surface area contributed by atoms with Gasteiger partial charge in [0.05, 0.1) is 15.9 Å². The number of aryl methyl sites for hydroxylation is 2. The third-order valence-electron chi connectivity index (χ3n) is 3.97. The first-order valence-corrected chi connectivity index (χ1v) is 8.06. The van der Waals surface area contributed by atoms with Crippen molar-refractivity contribution in [3.63, 3.8) is 0 Å². The van der Waals surface area contributed by atoms with Gasteiger partial charge in [-0.3, -0.25) is 9.58 Å². The van der Waals surface area contributed by atoms with E-state index in [1.807, 2.05) is 0 Å². The molecule has 1 unspecified atom stereocenters. The Hall–Kier alpha value is -0.390. The van der Waals surface area contributed by atoms with Gasteiger partial charge in [-0.2, -0.15) is 5.10 Å². The Morgan fingerprint density at radius 2 is 2.21 bits per heavy atom. The number of rotatable bonds is 6. The first-order chi connectivity index (χ1) is 9.19. The van der Waals surface area contributed by atoms with Crippen LogP contribution in [0.15, 0.2) is 4.47 Å². The Bertz CT molecular complexity index is 419. The van der Waals surface area contributed by atoms with Crippen LogP contribution in [-0.4, -0.2) is 39.5 Å². The molecule has 0 saturated carbocycles. The Morgan fingerprint density at radius 3 is 2.84 bits per heavy atom. The lowest BCUT2D eigenvalue weighted by atomic mass is 10.1. The third-order valence-corrected chi connectivity index (χ3v) is 4.89. The van der Waals surface area contributed by atoms with Gasteiger partial charge in [0.2, 0.25) is 0 Å². The van der Waals surface area contributed by atoms with Crippen LogP contribution < -0.4 is 0 Å². The molecular weight excluding hydrogens is 306 g/mol. The second kappa shape index (κ2) is 6.86. The largest absolute Gasteiger partial charge is 0.396 e. The molecule has 108 valence electrons. The fourth-order valence-electron chi connectivity index (χ4n) is 2.85. The van der Waals surface area contributed by atoms with Crippen molar-refractivity contribution in [1.29, 1.82) is 0 Å². The zero-order chi connectivity index (χ0) is 13.8. The SMILES string of the molecule is CCc1nn(CC)c(CN2CCC(CCO)C2)c1Br. The molecule has 0 bridgehead atoms. The molecule has 0 aromatic carbocycles. The van der Waals surface area contributed by atoms with Gasteiger partial charge in [-0.05, 0) is 54.6 Å². The topological polar surface area (TPSA) is 41.3 Å². The summed E-state index contributed by atoms with van der Waals surface area (Å²) in [6.45, 7) is 8.71. The van der Waals surface area contributed by atoms with Crippen LogP contribution in [0.3, 0.4) is 0 Å². The maximum absolute atomic E-state index is 9.02. The zero-order valence-electron chi connectivity index (χ0n) is 11.9. The minimum atomic E-state index is 0.315. The first-order valence-electron chi connectivity index (χ1n) is 7.26. The molecule has 19 heavy (non-hydrogen) atoms. The van der Waals surface area contributed by atoms with Crippen LogP contribution in [0.2, 0.25) is 0 Å². The number of aromatic nitrogens is 2. The van der Waals surface area contributed by atoms with E-state index in [2.05, 4.69) is 44.5 Å². The molecule has 1 aromatic heterocycles. The number of nitrogens with zero attached hydrogens (tertiary/aromatic N) is 3. The average molecular weight is 330 g/mol. The van der Waals surface area contributed by atoms with E-state index in [0.29, 0.717) is 12.5 Å². The van der Waals surface area contributed by atoms with Gasteiger partial charge < -0.3 is 5.11 Å². The van der Waals surface area contributed by atoms with Gasteiger partial charge in [-0.25, -0.2) is 0 Å². The monoisotopic (exact) mass is 329 g/mol. The Kier molecular flexibility index (Phi) is 5.42. The van der Waals surface area contributed by atoms with Gasteiger partial charge in [0, 0.05) is 26.2 Å². The summed E-state index contributed by atoms with van der Waals surface area (Å²) in [6.07, 6.45) is 3.11. The maximum atomic E-state index is 9.02. The number of aliphatic hydroxyl groups excluding tert-OH is 1. The van der Waals surface area contributed by atoms with Crippen LogP contribution in [0.25, 0.3) is 0 Å². The third kappa shape index (κ3) is 3.38. The highest BCUT2D eigenvalue weighted by Crippen LogP contribution is 2.27. The normalized spacial score (nSPS) is 20.3. The van der Waals surface area contributed by atoms with E-state index in [1.165, 1.54) is 16.6 Å². The summed E-state index contributed by atoms with van der Waals surface area (Å²) in [5.74, 6) is 0.660. The Morgan fingerprint density at radius 1 is 1.42 bits per heavy atom. The minimum Gasteiger partial charge on any atom is -0.396 e. The molecule has 5 heteroatoms. The second-order valence-electron chi connectivity index (χ2n) is 5.28. The smallest absolute Gasteiger partial charge is 0.0767 e. The van der Waals surface area contributed by atoms with Gasteiger partial charge in [0.15, 0.2) is 0 Å². The van der Waals surface area contributed by atoms with E-state index in [0.717, 1.165) is 44.7 Å². The molecule has 0 spiro atoms. The van der Waals surface area contributed by atoms with Crippen LogP contribution in [0.1, 0.15) is 38.1 Å². The Labute approximate surface area is 123 Å². The quantitative estimate of drug-likeness (QED) is 0.871. The number of hydrogen-bond acceptors (Lipinski definition) is 3. The highest BCUT2D eigenvalue weighted by atomic mass is 79.9. The van der Waals surface area contributed by atoms with E-state index < -0.39 is 0 Å². The molecule has 4 nitrogen and oxygen atoms in total. The lowest BCUT2D eigenvalue weighted by Crippen LogP contribution is -2.22. The highest BCUT2D eigenvalue weighted by Gasteiger charge is 2.24. The lowest BCUT2D eigenvalue weighted by molar-refractivity contribution is 0.247. The zero-order valence-corrected chi connectivity index (χ0v) is 13.5. The molecular formula is C14H24BrN3O. The van der Waals surface area contributed by atoms with E-state index in [1.54, 1.807) is 0 Å². The van der Waals surface area contributed by atoms with Gasteiger partial charge >= 0.3 is 0 Å². The van der Waals surface area contributed by atoms with E-state index >= 15 is 0 Å². The van der Waals surface area contributed by atoms with Gasteiger partial charge in [0.1, 0.15) is 0 Å². The fraction of sp³-hybridized carbons (Fsp3) is 0.786. The maximum Gasteiger partial charge on any atom is 0.0767 e. The molecule has 0 radical (unpaired) electrons. The number of hydrogen-bond donors (Lipinski definition) is 1. The average Bonchev–Trinajstić information content (AvgIpc) is 2.97. The Balaban J connectivity index is 2.05. The first kappa shape index (κ1) is 15.0. The molecule has 0 aliphatic carbocycles. The summed E-state index contributed by atoms with van der Waals surface area (Å²) >= 11 is 3.71. The van der Waals surface area contributed by atoms with Gasteiger partial charge in [-0.1, -0.05) is 6.92 Å². The number of likely N-dealkylation sites (tertiary alicyclic amines) is 1. The van der Waals surface area contributed by atoms with E-state index in [4.69, 9.17) is 5.11 Å². The number of halogens is 1. The summed E-state index contributed by atoms with van der Waals surface area (Å²) in [6, 6.07) is 0. The summed E-state index contributed by atoms with van der Waals surface area (Å²) in [5, 5.41) is 13.7. The van der Waals surface area contributed by atoms with Crippen molar-refractivity contribution in [1.82, 2.24) is 14.7 Å². The lowest BCUT2D eigenvalue weighted by Gasteiger charge is -2.17. The second-order valence-corrected chi connectivity index (χ2v) is 6.07.